The number of nitrogens with zero attached hydrogens (tertiary/aromatic N) is 6. The topological polar surface area (TPSA) is 138 Å². The maximum atomic E-state index is 13.6. The minimum absolute atomic E-state index is 0.000130. The zero-order valence-corrected chi connectivity index (χ0v) is 31.1. The van der Waals surface area contributed by atoms with Gasteiger partial charge in [0.15, 0.2) is 8.32 Å². The summed E-state index contributed by atoms with van der Waals surface area (Å²) in [5, 5.41) is 28.0. The largest absolute Gasteiger partial charge is 0.443 e. The molecular weight excluding hydrogens is 611 g/mol. The number of aliphatic hydroxyl groups is 1. The molecule has 2 aromatic heterocycles. The SMILES string of the molecule is CC(C)(C)OC(=O)N1CC(C)(CO[Si](C)(C)C(C)(C)C)c2cc(-c3ccnc(Nc4cc(C(C)(C)C)nn4CCO)n3)cc(C#N)c21. The van der Waals surface area contributed by atoms with Crippen molar-refractivity contribution in [1.29, 1.82) is 5.26 Å². The van der Waals surface area contributed by atoms with Crippen LogP contribution in [0.5, 0.6) is 0 Å². The Morgan fingerprint density at radius 1 is 1.13 bits per heavy atom. The number of carbonyl (C=O) groups excluding carboxylic acids is 1. The van der Waals surface area contributed by atoms with Crippen LogP contribution in [0.25, 0.3) is 11.3 Å². The van der Waals surface area contributed by atoms with Gasteiger partial charge in [-0.3, -0.25) is 4.90 Å². The highest BCUT2D eigenvalue weighted by Gasteiger charge is 2.47. The minimum atomic E-state index is -2.14. The van der Waals surface area contributed by atoms with Crippen molar-refractivity contribution in [2.75, 3.05) is 30.0 Å². The van der Waals surface area contributed by atoms with E-state index < -0.39 is 25.4 Å². The molecular formula is C35H51N7O4Si. The van der Waals surface area contributed by atoms with Gasteiger partial charge in [0.05, 0.1) is 35.8 Å². The van der Waals surface area contributed by atoms with E-state index in [0.717, 1.165) is 16.8 Å². The summed E-state index contributed by atoms with van der Waals surface area (Å²) in [6.07, 6.45) is 1.16. The molecule has 4 rings (SSSR count). The molecule has 1 aliphatic heterocycles. The second-order valence-electron chi connectivity index (χ2n) is 16.2. The van der Waals surface area contributed by atoms with Gasteiger partial charge in [0, 0.05) is 41.8 Å². The number of nitrogens with one attached hydrogen (secondary N) is 1. The number of nitriles is 1. The number of ether oxygens (including phenoxy) is 1. The fraction of sp³-hybridized carbons (Fsp3) is 0.571. The summed E-state index contributed by atoms with van der Waals surface area (Å²) in [6.45, 7) is 25.8. The van der Waals surface area contributed by atoms with Gasteiger partial charge in [0.2, 0.25) is 5.95 Å². The molecule has 47 heavy (non-hydrogen) atoms. The molecule has 0 spiro atoms. The van der Waals surface area contributed by atoms with E-state index in [0.29, 0.717) is 48.4 Å². The van der Waals surface area contributed by atoms with Crippen molar-refractivity contribution in [2.45, 2.75) is 110 Å². The second-order valence-corrected chi connectivity index (χ2v) is 21.0. The van der Waals surface area contributed by atoms with E-state index >= 15 is 0 Å². The third-order valence-corrected chi connectivity index (χ3v) is 13.4. The lowest BCUT2D eigenvalue weighted by atomic mass is 9.83. The van der Waals surface area contributed by atoms with E-state index in [-0.39, 0.29) is 17.1 Å². The highest BCUT2D eigenvalue weighted by Crippen LogP contribution is 2.47. The third kappa shape index (κ3) is 7.85. The molecule has 0 radical (unpaired) electrons. The van der Waals surface area contributed by atoms with Gasteiger partial charge in [0.25, 0.3) is 0 Å². The normalized spacial score (nSPS) is 17.0. The van der Waals surface area contributed by atoms with Crippen molar-refractivity contribution in [3.05, 3.63) is 47.3 Å². The predicted octanol–water partition coefficient (Wildman–Crippen LogP) is 7.28. The Balaban J connectivity index is 1.79. The van der Waals surface area contributed by atoms with Gasteiger partial charge < -0.3 is 19.6 Å². The number of benzene rings is 1. The molecule has 0 saturated carbocycles. The van der Waals surface area contributed by atoms with Crippen LogP contribution in [-0.4, -0.2) is 64.6 Å². The van der Waals surface area contributed by atoms with Gasteiger partial charge in [-0.2, -0.15) is 10.4 Å². The van der Waals surface area contributed by atoms with Gasteiger partial charge in [-0.15, -0.1) is 0 Å². The summed E-state index contributed by atoms with van der Waals surface area (Å²) in [4.78, 5) is 24.4. The first-order valence-corrected chi connectivity index (χ1v) is 19.0. The van der Waals surface area contributed by atoms with Gasteiger partial charge in [-0.1, -0.05) is 48.5 Å². The van der Waals surface area contributed by atoms with Crippen molar-refractivity contribution in [3.8, 4) is 17.3 Å². The van der Waals surface area contributed by atoms with E-state index in [1.165, 1.54) is 0 Å². The lowest BCUT2D eigenvalue weighted by molar-refractivity contribution is 0.0575. The highest BCUT2D eigenvalue weighted by molar-refractivity contribution is 6.74. The monoisotopic (exact) mass is 661 g/mol. The Hall–Kier alpha value is -3.79. The molecule has 1 unspecified atom stereocenters. The van der Waals surface area contributed by atoms with E-state index in [1.54, 1.807) is 27.9 Å². The summed E-state index contributed by atoms with van der Waals surface area (Å²) < 4.78 is 14.3. The van der Waals surface area contributed by atoms with Crippen LogP contribution < -0.4 is 10.2 Å². The third-order valence-electron chi connectivity index (χ3n) is 8.88. The number of aliphatic hydroxyl groups excluding tert-OH is 1. The molecule has 0 bridgehead atoms. The first-order valence-electron chi connectivity index (χ1n) is 16.1. The predicted molar refractivity (Wildman–Crippen MR) is 188 cm³/mol. The van der Waals surface area contributed by atoms with Crippen LogP contribution in [0.1, 0.15) is 86.1 Å². The Labute approximate surface area is 280 Å². The van der Waals surface area contributed by atoms with E-state index in [2.05, 4.69) is 83.0 Å². The fourth-order valence-corrected chi connectivity index (χ4v) is 6.24. The summed E-state index contributed by atoms with van der Waals surface area (Å²) >= 11 is 0. The average molecular weight is 662 g/mol. The van der Waals surface area contributed by atoms with Crippen molar-refractivity contribution in [1.82, 2.24) is 19.7 Å². The Morgan fingerprint density at radius 2 is 1.81 bits per heavy atom. The molecule has 1 atom stereocenters. The number of anilines is 3. The molecule has 1 amide bonds. The number of hydrogen-bond acceptors (Lipinski definition) is 9. The first kappa shape index (κ1) is 36.1. The average Bonchev–Trinajstić information content (AvgIpc) is 3.49. The maximum Gasteiger partial charge on any atom is 0.414 e. The summed E-state index contributed by atoms with van der Waals surface area (Å²) in [6, 6.07) is 9.84. The molecule has 3 heterocycles. The number of carbonyl (C=O) groups is 1. The summed E-state index contributed by atoms with van der Waals surface area (Å²) in [7, 11) is -2.14. The Morgan fingerprint density at radius 3 is 2.38 bits per heavy atom. The smallest absolute Gasteiger partial charge is 0.414 e. The second kappa shape index (κ2) is 12.7. The number of rotatable bonds is 8. The zero-order chi connectivity index (χ0) is 35.2. The van der Waals surface area contributed by atoms with Crippen LogP contribution in [-0.2, 0) is 26.5 Å². The molecule has 1 aliphatic rings. The van der Waals surface area contributed by atoms with E-state index in [1.807, 2.05) is 32.9 Å². The lowest BCUT2D eigenvalue weighted by Gasteiger charge is -2.39. The molecule has 2 N–H and O–H groups in total. The molecule has 3 aromatic rings. The van der Waals surface area contributed by atoms with Crippen LogP contribution in [0.4, 0.5) is 22.2 Å². The van der Waals surface area contributed by atoms with Crippen molar-refractivity contribution in [2.24, 2.45) is 0 Å². The van der Waals surface area contributed by atoms with Crippen molar-refractivity contribution in [3.63, 3.8) is 0 Å². The maximum absolute atomic E-state index is 13.6. The molecule has 11 nitrogen and oxygen atoms in total. The molecule has 0 aliphatic carbocycles. The van der Waals surface area contributed by atoms with Gasteiger partial charge in [-0.05, 0) is 62.7 Å². The number of hydrogen-bond donors (Lipinski definition) is 2. The van der Waals surface area contributed by atoms with Gasteiger partial charge in [-0.25, -0.2) is 19.4 Å². The van der Waals surface area contributed by atoms with E-state index in [9.17, 15) is 15.2 Å². The Bertz CT molecular complexity index is 1670. The van der Waals surface area contributed by atoms with Gasteiger partial charge in [0.1, 0.15) is 17.5 Å². The molecule has 0 saturated heterocycles. The number of aromatic nitrogens is 4. The molecule has 12 heteroatoms. The zero-order valence-electron chi connectivity index (χ0n) is 30.1. The fourth-order valence-electron chi connectivity index (χ4n) is 5.13. The summed E-state index contributed by atoms with van der Waals surface area (Å²) in [5.41, 5.74) is 2.42. The minimum Gasteiger partial charge on any atom is -0.443 e. The number of fused-ring (bicyclic) bond motifs is 1. The van der Waals surface area contributed by atoms with Crippen LogP contribution in [0.2, 0.25) is 18.1 Å². The number of amides is 1. The summed E-state index contributed by atoms with van der Waals surface area (Å²) in [5.74, 6) is 1.01. The Kier molecular flexibility index (Phi) is 9.72. The molecule has 0 fully saturated rings. The van der Waals surface area contributed by atoms with E-state index in [4.69, 9.17) is 14.1 Å². The standard InChI is InChI=1S/C35H51N7O4Si/c1-32(2,3)27-19-28(42(40-27)15-16-43)39-30-37-14-13-26(38-30)23-17-24(20-36)29-25(18-23)35(10,22-45-47(11,12)34(7,8)9)21-41(29)31(44)46-33(4,5)6/h13-14,17-19,43H,15-16,21-22H2,1-12H3,(H,37,38,39). The molecule has 1 aromatic carbocycles. The quantitative estimate of drug-likeness (QED) is 0.239. The van der Waals surface area contributed by atoms with Crippen LogP contribution >= 0.6 is 0 Å². The highest BCUT2D eigenvalue weighted by atomic mass is 28.4. The van der Waals surface area contributed by atoms with Crippen molar-refractivity contribution < 1.29 is 19.1 Å². The van der Waals surface area contributed by atoms with Crippen molar-refractivity contribution >= 4 is 31.9 Å². The first-order chi connectivity index (χ1) is 21.6. The van der Waals surface area contributed by atoms with Gasteiger partial charge >= 0.3 is 6.09 Å². The lowest BCUT2D eigenvalue weighted by Crippen LogP contribution is -2.46. The van der Waals surface area contributed by atoms with Crippen LogP contribution in [0.15, 0.2) is 30.5 Å². The molecule has 254 valence electrons. The van der Waals surface area contributed by atoms with Crippen LogP contribution in [0.3, 0.4) is 0 Å². The van der Waals surface area contributed by atoms with Crippen LogP contribution in [0, 0.1) is 11.3 Å².